The lowest BCUT2D eigenvalue weighted by Crippen LogP contribution is -2.15. The minimum atomic E-state index is -0.457. The van der Waals surface area contributed by atoms with Crippen LogP contribution in [-0.4, -0.2) is 26.4 Å². The van der Waals surface area contributed by atoms with E-state index in [1.165, 1.54) is 11.8 Å². The molecule has 0 aliphatic carbocycles. The maximum Gasteiger partial charge on any atom is 0.234 e. The first-order chi connectivity index (χ1) is 16.4. The molecule has 0 saturated heterocycles. The molecule has 174 valence electrons. The summed E-state index contributed by atoms with van der Waals surface area (Å²) in [6.07, 6.45) is -0.457. The van der Waals surface area contributed by atoms with Crippen molar-refractivity contribution >= 4 is 58.2 Å². The van der Waals surface area contributed by atoms with Crippen LogP contribution in [0.15, 0.2) is 78.0 Å². The van der Waals surface area contributed by atoms with Gasteiger partial charge in [-0.15, -0.1) is 10.2 Å². The molecule has 1 atom stereocenters. The van der Waals surface area contributed by atoms with Crippen LogP contribution in [0.25, 0.3) is 5.69 Å². The molecule has 0 radical (unpaired) electrons. The number of nitrogens with zero attached hydrogens (tertiary/aromatic N) is 3. The molecule has 0 aliphatic heterocycles. The number of nitrogens with one attached hydrogen (secondary N) is 1. The van der Waals surface area contributed by atoms with Crippen molar-refractivity contribution in [3.8, 4) is 11.4 Å². The molecule has 6 nitrogen and oxygen atoms in total. The lowest BCUT2D eigenvalue weighted by molar-refractivity contribution is -0.113. The van der Waals surface area contributed by atoms with Gasteiger partial charge in [-0.1, -0.05) is 76.9 Å². The number of halogens is 3. The largest absolute Gasteiger partial charge is 0.481 e. The second kappa shape index (κ2) is 11.1. The zero-order chi connectivity index (χ0) is 24.1. The Morgan fingerprint density at radius 2 is 1.74 bits per heavy atom. The molecule has 0 bridgehead atoms. The summed E-state index contributed by atoms with van der Waals surface area (Å²) in [5, 5.41) is 13.4. The van der Waals surface area contributed by atoms with Gasteiger partial charge in [0, 0.05) is 10.7 Å². The van der Waals surface area contributed by atoms with Crippen molar-refractivity contribution in [2.24, 2.45) is 0 Å². The first kappa shape index (κ1) is 24.4. The maximum absolute atomic E-state index is 12.6. The fraction of sp³-hybridized carbons (Fsp3) is 0.125. The lowest BCUT2D eigenvalue weighted by Gasteiger charge is -2.17. The van der Waals surface area contributed by atoms with E-state index in [0.29, 0.717) is 37.5 Å². The van der Waals surface area contributed by atoms with Crippen LogP contribution in [-0.2, 0) is 4.79 Å². The van der Waals surface area contributed by atoms with E-state index in [2.05, 4.69) is 15.5 Å². The Morgan fingerprint density at radius 1 is 1.00 bits per heavy atom. The van der Waals surface area contributed by atoms with Crippen molar-refractivity contribution in [2.75, 3.05) is 11.1 Å². The third-order valence-electron chi connectivity index (χ3n) is 4.71. The molecule has 0 fully saturated rings. The summed E-state index contributed by atoms with van der Waals surface area (Å²) in [5.74, 6) is 0.963. The number of hydrogen-bond donors (Lipinski definition) is 1. The highest BCUT2D eigenvalue weighted by Crippen LogP contribution is 2.31. The summed E-state index contributed by atoms with van der Waals surface area (Å²) >= 11 is 19.7. The number of hydrogen-bond acceptors (Lipinski definition) is 5. The smallest absolute Gasteiger partial charge is 0.234 e. The summed E-state index contributed by atoms with van der Waals surface area (Å²) in [6.45, 7) is 1.87. The number of para-hydroxylation sites is 2. The second-order valence-electron chi connectivity index (χ2n) is 7.16. The molecule has 3 aromatic carbocycles. The molecule has 34 heavy (non-hydrogen) atoms. The third-order valence-corrected chi connectivity index (χ3v) is 6.52. The van der Waals surface area contributed by atoms with Crippen LogP contribution >= 0.6 is 46.6 Å². The Bertz CT molecular complexity index is 1300. The topological polar surface area (TPSA) is 69.0 Å². The number of benzene rings is 3. The molecule has 1 aromatic heterocycles. The van der Waals surface area contributed by atoms with E-state index in [1.54, 1.807) is 30.3 Å². The molecule has 1 heterocycles. The zero-order valence-electron chi connectivity index (χ0n) is 17.9. The number of thioether (sulfide) groups is 1. The average Bonchev–Trinajstić information content (AvgIpc) is 3.26. The Kier molecular flexibility index (Phi) is 8.00. The monoisotopic (exact) mass is 532 g/mol. The third kappa shape index (κ3) is 5.85. The van der Waals surface area contributed by atoms with E-state index in [0.717, 1.165) is 5.69 Å². The summed E-state index contributed by atoms with van der Waals surface area (Å²) in [7, 11) is 0. The molecule has 1 amide bonds. The lowest BCUT2D eigenvalue weighted by atomic mass is 10.3. The first-order valence-corrected chi connectivity index (χ1v) is 12.3. The molecule has 4 rings (SSSR count). The van der Waals surface area contributed by atoms with Crippen molar-refractivity contribution in [2.45, 2.75) is 18.2 Å². The van der Waals surface area contributed by atoms with E-state index in [9.17, 15) is 4.79 Å². The van der Waals surface area contributed by atoms with Crippen molar-refractivity contribution in [3.05, 3.63) is 93.7 Å². The van der Waals surface area contributed by atoms with Crippen molar-refractivity contribution in [1.82, 2.24) is 14.8 Å². The quantitative estimate of drug-likeness (QED) is 0.245. The highest BCUT2D eigenvalue weighted by molar-refractivity contribution is 7.99. The van der Waals surface area contributed by atoms with Crippen LogP contribution in [0.2, 0.25) is 15.1 Å². The van der Waals surface area contributed by atoms with Gasteiger partial charge in [-0.05, 0) is 49.4 Å². The number of ether oxygens (including phenoxy) is 1. The Morgan fingerprint density at radius 3 is 2.50 bits per heavy atom. The Hall–Kier alpha value is -2.71. The fourth-order valence-corrected chi connectivity index (χ4v) is 4.43. The Balaban J connectivity index is 1.55. The predicted octanol–water partition coefficient (Wildman–Crippen LogP) is 7.10. The van der Waals surface area contributed by atoms with Crippen molar-refractivity contribution in [1.29, 1.82) is 0 Å². The molecule has 0 saturated carbocycles. The number of anilines is 1. The van der Waals surface area contributed by atoms with E-state index in [4.69, 9.17) is 39.5 Å². The molecule has 0 aliphatic rings. The molecule has 1 N–H and O–H groups in total. The molecular weight excluding hydrogens is 515 g/mol. The molecule has 4 aromatic rings. The zero-order valence-corrected chi connectivity index (χ0v) is 21.0. The number of aromatic nitrogens is 3. The van der Waals surface area contributed by atoms with Crippen LogP contribution in [0.4, 0.5) is 5.69 Å². The van der Waals surface area contributed by atoms with Gasteiger partial charge in [0.05, 0.1) is 21.5 Å². The van der Waals surface area contributed by atoms with E-state index in [-0.39, 0.29) is 11.7 Å². The SMILES string of the molecule is CC(Oc1ccccc1Cl)c1nnc(SCC(=O)Nc2cc(Cl)ccc2Cl)n1-c1ccccc1. The van der Waals surface area contributed by atoms with Crippen LogP contribution < -0.4 is 10.1 Å². The predicted molar refractivity (Wildman–Crippen MR) is 138 cm³/mol. The van der Waals surface area contributed by atoms with Gasteiger partial charge >= 0.3 is 0 Å². The van der Waals surface area contributed by atoms with Crippen LogP contribution in [0, 0.1) is 0 Å². The molecular formula is C24H19Cl3N4O2S. The van der Waals surface area contributed by atoms with Gasteiger partial charge in [-0.3, -0.25) is 9.36 Å². The van der Waals surface area contributed by atoms with Gasteiger partial charge < -0.3 is 10.1 Å². The van der Waals surface area contributed by atoms with Crippen molar-refractivity contribution in [3.63, 3.8) is 0 Å². The standard InChI is InChI=1S/C24H19Cl3N4O2S/c1-15(33-21-10-6-5-9-19(21)27)23-29-30-24(31(23)17-7-3-2-4-8-17)34-14-22(32)28-20-13-16(25)11-12-18(20)26/h2-13,15H,14H2,1H3,(H,28,32). The van der Waals surface area contributed by atoms with E-state index < -0.39 is 6.10 Å². The maximum atomic E-state index is 12.6. The highest BCUT2D eigenvalue weighted by Gasteiger charge is 2.22. The first-order valence-electron chi connectivity index (χ1n) is 10.2. The summed E-state index contributed by atoms with van der Waals surface area (Å²) in [4.78, 5) is 12.6. The van der Waals surface area contributed by atoms with E-state index >= 15 is 0 Å². The van der Waals surface area contributed by atoms with Gasteiger partial charge in [0.25, 0.3) is 0 Å². The number of carbonyl (C=O) groups is 1. The molecule has 1 unspecified atom stereocenters. The van der Waals surface area contributed by atoms with Gasteiger partial charge in [0.15, 0.2) is 17.1 Å². The van der Waals surface area contributed by atoms with Crippen LogP contribution in [0.1, 0.15) is 18.9 Å². The molecule has 0 spiro atoms. The summed E-state index contributed by atoms with van der Waals surface area (Å²) in [5.41, 5.74) is 1.30. The normalized spacial score (nSPS) is 11.8. The average molecular weight is 534 g/mol. The minimum Gasteiger partial charge on any atom is -0.481 e. The fourth-order valence-electron chi connectivity index (χ4n) is 3.15. The summed E-state index contributed by atoms with van der Waals surface area (Å²) < 4.78 is 7.93. The number of rotatable bonds is 8. The summed E-state index contributed by atoms with van der Waals surface area (Å²) in [6, 6.07) is 21.8. The number of carbonyl (C=O) groups excluding carboxylic acids is 1. The second-order valence-corrected chi connectivity index (χ2v) is 9.36. The van der Waals surface area contributed by atoms with Gasteiger partial charge in [-0.25, -0.2) is 0 Å². The Labute approximate surface area is 216 Å². The highest BCUT2D eigenvalue weighted by atomic mass is 35.5. The van der Waals surface area contributed by atoms with Gasteiger partial charge in [0.2, 0.25) is 5.91 Å². The van der Waals surface area contributed by atoms with Crippen molar-refractivity contribution < 1.29 is 9.53 Å². The van der Waals surface area contributed by atoms with Crippen LogP contribution in [0.5, 0.6) is 5.75 Å². The van der Waals surface area contributed by atoms with Crippen LogP contribution in [0.3, 0.4) is 0 Å². The van der Waals surface area contributed by atoms with Gasteiger partial charge in [-0.2, -0.15) is 0 Å². The minimum absolute atomic E-state index is 0.0908. The molecule has 10 heteroatoms. The van der Waals surface area contributed by atoms with E-state index in [1.807, 2.05) is 54.0 Å². The van der Waals surface area contributed by atoms with Gasteiger partial charge in [0.1, 0.15) is 5.75 Å². The number of amides is 1.